The Morgan fingerprint density at radius 3 is 2.88 bits per heavy atom. The number of rotatable bonds is 3. The summed E-state index contributed by atoms with van der Waals surface area (Å²) < 4.78 is 19.3. The molecule has 4 N–H and O–H groups in total. The van der Waals surface area contributed by atoms with Gasteiger partial charge in [0.25, 0.3) is 0 Å². The molecular formula is C38H42N4O6S2. The third kappa shape index (κ3) is 5.24. The summed E-state index contributed by atoms with van der Waals surface area (Å²) >= 11 is 0. The summed E-state index contributed by atoms with van der Waals surface area (Å²) in [6.07, 6.45) is 11.5. The minimum atomic E-state index is -1.12. The lowest BCUT2D eigenvalue weighted by atomic mass is 9.61. The largest absolute Gasteiger partial charge is 0.481 e. The van der Waals surface area contributed by atoms with Gasteiger partial charge in [-0.15, -0.1) is 0 Å². The fraction of sp³-hybridized carbons (Fsp3) is 0.447. The van der Waals surface area contributed by atoms with E-state index in [9.17, 15) is 14.4 Å². The van der Waals surface area contributed by atoms with Gasteiger partial charge in [-0.3, -0.25) is 4.79 Å². The van der Waals surface area contributed by atoms with Crippen LogP contribution in [0.1, 0.15) is 39.2 Å². The van der Waals surface area contributed by atoms with Gasteiger partial charge in [-0.25, -0.2) is 9.59 Å². The molecule has 2 aromatic rings. The third-order valence-corrected chi connectivity index (χ3v) is 14.3. The van der Waals surface area contributed by atoms with Gasteiger partial charge in [0.15, 0.2) is 11.2 Å². The van der Waals surface area contributed by atoms with Crippen LogP contribution < -0.4 is 26.7 Å². The maximum atomic E-state index is 14.2. The number of hydrogen-bond acceptors (Lipinski definition) is 11. The summed E-state index contributed by atoms with van der Waals surface area (Å²) in [4.78, 5) is 42.1. The number of esters is 1. The number of dihydropyridines is 1. The van der Waals surface area contributed by atoms with Crippen molar-refractivity contribution in [1.29, 1.82) is 0 Å². The summed E-state index contributed by atoms with van der Waals surface area (Å²) in [6, 6.07) is 7.32. The quantitative estimate of drug-likeness (QED) is 0.136. The zero-order chi connectivity index (χ0) is 34.9. The maximum absolute atomic E-state index is 14.2. The molecule has 10 nitrogen and oxygen atoms in total. The number of nitrogens with one attached hydrogen (secondary N) is 2. The molecule has 262 valence electrons. The topological polar surface area (TPSA) is 136 Å². The summed E-state index contributed by atoms with van der Waals surface area (Å²) in [5, 5.41) is 7.67. The molecule has 1 fully saturated rings. The molecule has 1 amide bonds. The molecule has 50 heavy (non-hydrogen) atoms. The number of nitrogens with zero attached hydrogens (tertiary/aromatic N) is 1. The van der Waals surface area contributed by atoms with Crippen LogP contribution in [0.5, 0.6) is 5.75 Å². The summed E-state index contributed by atoms with van der Waals surface area (Å²) in [7, 11) is 5.59. The van der Waals surface area contributed by atoms with Gasteiger partial charge in [-0.2, -0.15) is 0 Å². The van der Waals surface area contributed by atoms with E-state index in [1.807, 2.05) is 43.8 Å². The molecule has 0 saturated carbocycles. The summed E-state index contributed by atoms with van der Waals surface area (Å²) in [5.41, 5.74) is 8.73. The number of likely N-dealkylation sites (N-methyl/N-ethyl adjacent to an activating group) is 1. The number of amides is 1. The van der Waals surface area contributed by atoms with Gasteiger partial charge in [0.1, 0.15) is 11.3 Å². The molecular weight excluding hydrogens is 673 g/mol. The molecule has 1 aromatic carbocycles. The Morgan fingerprint density at radius 1 is 1.24 bits per heavy atom. The first-order valence-electron chi connectivity index (χ1n) is 17.2. The fourth-order valence-corrected chi connectivity index (χ4v) is 11.6. The number of carbonyl (C=O) groups is 2. The van der Waals surface area contributed by atoms with Gasteiger partial charge in [-0.1, -0.05) is 51.5 Å². The van der Waals surface area contributed by atoms with Gasteiger partial charge >= 0.3 is 11.6 Å². The van der Waals surface area contributed by atoms with Crippen molar-refractivity contribution in [3.8, 4) is 5.75 Å². The van der Waals surface area contributed by atoms with Crippen molar-refractivity contribution in [3.63, 3.8) is 0 Å². The number of ether oxygens (including phenoxy) is 2. The molecule has 5 heterocycles. The van der Waals surface area contributed by atoms with Crippen LogP contribution in [0.15, 0.2) is 92.0 Å². The highest BCUT2D eigenvalue weighted by Gasteiger charge is 2.64. The molecule has 2 aliphatic carbocycles. The van der Waals surface area contributed by atoms with Crippen LogP contribution >= 0.6 is 21.6 Å². The Balaban J connectivity index is 1.29. The Morgan fingerprint density at radius 2 is 2.08 bits per heavy atom. The van der Waals surface area contributed by atoms with E-state index in [0.29, 0.717) is 60.3 Å². The van der Waals surface area contributed by atoms with Gasteiger partial charge in [0.05, 0.1) is 29.5 Å². The van der Waals surface area contributed by atoms with E-state index in [0.717, 1.165) is 27.7 Å². The van der Waals surface area contributed by atoms with Gasteiger partial charge in [0, 0.05) is 66.7 Å². The Labute approximate surface area is 299 Å². The fourth-order valence-electron chi connectivity index (χ4n) is 8.69. The predicted molar refractivity (Wildman–Crippen MR) is 196 cm³/mol. The van der Waals surface area contributed by atoms with E-state index in [2.05, 4.69) is 33.8 Å². The standard InChI is InChI=1S/C38H42N4O6S2/c1-5-20(2)36(45)48-37(3)11-10-22-19-49-50-30-8-7-27(40-4)26-18-42(35(26)30)32(43)13-24-17-41-31(39)14-25(24)34(22)38(37)16-23-12-21-6-9-33(44)46-28(21)15-29(23)47-38/h5-10,12,14-15,26-27,30,34-35,40-41H,11,13,16-19,39H2,1-4H3/b20-5+/t26-,27+,30-,34+,35-,37-,38-/m1/s1. The number of fused-ring (bicyclic) bond motifs is 5. The molecule has 1 saturated heterocycles. The smallest absolute Gasteiger partial charge is 0.336 e. The predicted octanol–water partition coefficient (Wildman–Crippen LogP) is 4.52. The number of nitrogens with two attached hydrogens (primary N) is 1. The minimum Gasteiger partial charge on any atom is -0.481 e. The summed E-state index contributed by atoms with van der Waals surface area (Å²) in [6.45, 7) is 6.67. The van der Waals surface area contributed by atoms with Crippen molar-refractivity contribution >= 4 is 44.4 Å². The van der Waals surface area contributed by atoms with E-state index in [1.165, 1.54) is 6.07 Å². The van der Waals surface area contributed by atoms with Crippen molar-refractivity contribution in [2.45, 2.75) is 68.6 Å². The van der Waals surface area contributed by atoms with Crippen LogP contribution in [-0.4, -0.2) is 71.2 Å². The number of allylic oxidation sites excluding steroid dienone is 2. The van der Waals surface area contributed by atoms with E-state index < -0.39 is 28.7 Å². The molecule has 1 spiro atoms. The molecule has 0 unspecified atom stereocenters. The normalized spacial score (nSPS) is 33.4. The molecule has 0 radical (unpaired) electrons. The minimum absolute atomic E-state index is 0.0981. The molecule has 0 bridgehead atoms. The second kappa shape index (κ2) is 12.4. The highest BCUT2D eigenvalue weighted by atomic mass is 33.1. The van der Waals surface area contributed by atoms with Gasteiger partial charge in [0.2, 0.25) is 5.91 Å². The number of benzene rings is 1. The van der Waals surface area contributed by atoms with E-state index in [4.69, 9.17) is 19.6 Å². The van der Waals surface area contributed by atoms with Crippen LogP contribution in [0.4, 0.5) is 0 Å². The van der Waals surface area contributed by atoms with Crippen molar-refractivity contribution < 1.29 is 23.5 Å². The maximum Gasteiger partial charge on any atom is 0.336 e. The van der Waals surface area contributed by atoms with Gasteiger partial charge in [-0.05, 0) is 62.7 Å². The van der Waals surface area contributed by atoms with Crippen LogP contribution in [0.25, 0.3) is 11.0 Å². The van der Waals surface area contributed by atoms with E-state index in [1.54, 1.807) is 35.9 Å². The van der Waals surface area contributed by atoms with Crippen LogP contribution in [-0.2, 0) is 20.7 Å². The first-order chi connectivity index (χ1) is 24.0. The molecule has 1 aromatic heterocycles. The van der Waals surface area contributed by atoms with E-state index in [-0.39, 0.29) is 29.7 Å². The van der Waals surface area contributed by atoms with Gasteiger partial charge < -0.3 is 35.2 Å². The lowest BCUT2D eigenvalue weighted by Gasteiger charge is -2.55. The molecule has 6 aliphatic rings. The van der Waals surface area contributed by atoms with Crippen molar-refractivity contribution in [3.05, 3.63) is 98.7 Å². The lowest BCUT2D eigenvalue weighted by Crippen LogP contribution is -2.68. The van der Waals surface area contributed by atoms with Crippen molar-refractivity contribution in [2.75, 3.05) is 25.9 Å². The van der Waals surface area contributed by atoms with Crippen molar-refractivity contribution in [1.82, 2.24) is 15.5 Å². The highest BCUT2D eigenvalue weighted by Crippen LogP contribution is 2.58. The average molecular weight is 715 g/mol. The SMILES string of the molecule is C/C=C(\C)C(=O)O[C@]1(C)CC=C2CSS[C@@H]3C=C[C@H](NC)[C@H]4CN(C(=O)CC5=C(C=C(N)NC5)[C@H]2[C@]12Cc1cc5ccc(=O)oc5cc1O2)[C@H]43. The zero-order valence-electron chi connectivity index (χ0n) is 28.6. The number of carbonyl (C=O) groups excluding carboxylic acids is 2. The molecule has 7 atom stereocenters. The second-order valence-electron chi connectivity index (χ2n) is 14.3. The highest BCUT2D eigenvalue weighted by molar-refractivity contribution is 8.77. The van der Waals surface area contributed by atoms with Crippen LogP contribution in [0.2, 0.25) is 0 Å². The Bertz CT molecular complexity index is 2020. The second-order valence-corrected chi connectivity index (χ2v) is 16.9. The van der Waals surface area contributed by atoms with Crippen LogP contribution in [0.3, 0.4) is 0 Å². The van der Waals surface area contributed by atoms with E-state index >= 15 is 0 Å². The average Bonchev–Trinajstić information content (AvgIpc) is 3.45. The Hall–Kier alpha value is -3.87. The Kier molecular flexibility index (Phi) is 8.27. The molecule has 12 heteroatoms. The first-order valence-corrected chi connectivity index (χ1v) is 19.6. The number of hydrogen-bond donors (Lipinski definition) is 3. The molecule has 8 rings (SSSR count). The summed E-state index contributed by atoms with van der Waals surface area (Å²) in [5.74, 6) is 1.44. The lowest BCUT2D eigenvalue weighted by molar-refractivity contribution is -0.186. The monoisotopic (exact) mass is 714 g/mol. The van der Waals surface area contributed by atoms with Crippen LogP contribution in [0, 0.1) is 11.8 Å². The molecule has 4 aliphatic heterocycles. The third-order valence-electron chi connectivity index (χ3n) is 11.6. The first kappa shape index (κ1) is 33.3. The zero-order valence-corrected chi connectivity index (χ0v) is 30.2. The van der Waals surface area contributed by atoms with Crippen molar-refractivity contribution in [2.24, 2.45) is 17.6 Å².